The molecule has 0 aliphatic heterocycles. The van der Waals surface area contributed by atoms with Crippen molar-refractivity contribution in [2.45, 2.75) is 257 Å². The number of carbonyl (C=O) groups excluding carboxylic acids is 2. The molecule has 3 N–H and O–H groups in total. The van der Waals surface area contributed by atoms with Crippen LogP contribution in [0, 0.1) is 0 Å². The van der Waals surface area contributed by atoms with Crippen molar-refractivity contribution in [2.75, 3.05) is 6.61 Å². The van der Waals surface area contributed by atoms with E-state index in [1.54, 1.807) is 0 Å². The van der Waals surface area contributed by atoms with Crippen molar-refractivity contribution in [3.05, 3.63) is 60.8 Å². The van der Waals surface area contributed by atoms with Gasteiger partial charge >= 0.3 is 5.97 Å². The fraction of sp³-hybridized carbons (Fsp3) is 0.774. The molecule has 0 heterocycles. The van der Waals surface area contributed by atoms with Gasteiger partial charge in [0.05, 0.1) is 25.2 Å². The smallest absolute Gasteiger partial charge is 0.306 e. The first-order valence-electron chi connectivity index (χ1n) is 25.0. The number of aliphatic hydroxyl groups is 2. The summed E-state index contributed by atoms with van der Waals surface area (Å²) < 4.78 is 5.92. The standard InChI is InChI=1S/C53H95NO5/c1-4-7-10-13-16-19-22-24-26-28-30-32-35-38-41-44-49(59-53(58)46-43-40-37-34-31-29-27-25-23-20-17-14-11-8-5-2)47-52(57)54-50(48-55)51(56)45-42-39-36-33-21-18-15-12-9-6-3/h8,11,14,16-17,19-20,23-24,26,49-51,55-56H,4-7,9-10,12-13,15,18,21-22,25,27-48H2,1-3H3,(H,54,57)/b11-8+,17-14+,19-16-,23-20+,26-24-. The normalized spacial score (nSPS) is 13.8. The zero-order valence-corrected chi connectivity index (χ0v) is 38.9. The maximum Gasteiger partial charge on any atom is 0.306 e. The molecule has 0 fully saturated rings. The molecular weight excluding hydrogens is 731 g/mol. The molecule has 1 amide bonds. The molecule has 3 atom stereocenters. The Hall–Kier alpha value is -2.44. The highest BCUT2D eigenvalue weighted by Gasteiger charge is 2.24. The molecule has 59 heavy (non-hydrogen) atoms. The topological polar surface area (TPSA) is 95.9 Å². The van der Waals surface area contributed by atoms with Crippen molar-refractivity contribution >= 4 is 11.9 Å². The van der Waals surface area contributed by atoms with Crippen LogP contribution in [-0.2, 0) is 14.3 Å². The molecule has 0 bridgehead atoms. The number of ether oxygens (including phenoxy) is 1. The van der Waals surface area contributed by atoms with Crippen LogP contribution >= 0.6 is 0 Å². The lowest BCUT2D eigenvalue weighted by Crippen LogP contribution is -2.46. The van der Waals surface area contributed by atoms with E-state index in [-0.39, 0.29) is 24.9 Å². The first-order valence-corrected chi connectivity index (χ1v) is 25.0. The van der Waals surface area contributed by atoms with Gasteiger partial charge in [-0.1, -0.05) is 210 Å². The Morgan fingerprint density at radius 2 is 0.983 bits per heavy atom. The van der Waals surface area contributed by atoms with Crippen LogP contribution in [0.15, 0.2) is 60.8 Å². The zero-order valence-electron chi connectivity index (χ0n) is 38.9. The van der Waals surface area contributed by atoms with Gasteiger partial charge in [0.25, 0.3) is 0 Å². The molecule has 0 saturated heterocycles. The van der Waals surface area contributed by atoms with Gasteiger partial charge in [0.15, 0.2) is 0 Å². The molecule has 0 spiro atoms. The lowest BCUT2D eigenvalue weighted by atomic mass is 10.0. The number of carbonyl (C=O) groups is 2. The SMILES string of the molecule is CC/C=C/C=C/C=C/CCCCCCCCCC(=O)OC(CCCCCCC/C=C\C/C=C\CCCCC)CC(=O)NC(CO)C(O)CCCCCCCCCCCC. The van der Waals surface area contributed by atoms with E-state index in [4.69, 9.17) is 4.74 Å². The first kappa shape index (κ1) is 56.6. The molecule has 6 nitrogen and oxygen atoms in total. The minimum Gasteiger partial charge on any atom is -0.462 e. The molecule has 0 aromatic heterocycles. The second kappa shape index (κ2) is 46.6. The molecule has 342 valence electrons. The third-order valence-corrected chi connectivity index (χ3v) is 11.1. The van der Waals surface area contributed by atoms with Crippen molar-refractivity contribution in [3.63, 3.8) is 0 Å². The van der Waals surface area contributed by atoms with Crippen LogP contribution in [0.3, 0.4) is 0 Å². The predicted molar refractivity (Wildman–Crippen MR) is 255 cm³/mol. The summed E-state index contributed by atoms with van der Waals surface area (Å²) in [6.45, 7) is 6.31. The molecular formula is C53H95NO5. The van der Waals surface area contributed by atoms with Crippen molar-refractivity contribution < 1.29 is 24.5 Å². The van der Waals surface area contributed by atoms with Crippen LogP contribution in [-0.4, -0.2) is 46.9 Å². The third kappa shape index (κ3) is 42.1. The molecule has 0 saturated carbocycles. The highest BCUT2D eigenvalue weighted by atomic mass is 16.5. The molecule has 0 aromatic carbocycles. The minimum atomic E-state index is -0.793. The van der Waals surface area contributed by atoms with Crippen LogP contribution in [0.25, 0.3) is 0 Å². The number of aliphatic hydroxyl groups excluding tert-OH is 2. The van der Waals surface area contributed by atoms with Crippen molar-refractivity contribution in [3.8, 4) is 0 Å². The summed E-state index contributed by atoms with van der Waals surface area (Å²) in [6, 6.07) is -0.708. The predicted octanol–water partition coefficient (Wildman–Crippen LogP) is 14.8. The van der Waals surface area contributed by atoms with Crippen LogP contribution in [0.1, 0.15) is 239 Å². The fourth-order valence-electron chi connectivity index (χ4n) is 7.34. The highest BCUT2D eigenvalue weighted by Crippen LogP contribution is 2.17. The van der Waals surface area contributed by atoms with Gasteiger partial charge in [0.2, 0.25) is 5.91 Å². The Morgan fingerprint density at radius 1 is 0.525 bits per heavy atom. The van der Waals surface area contributed by atoms with E-state index in [2.05, 4.69) is 86.8 Å². The Morgan fingerprint density at radius 3 is 1.54 bits per heavy atom. The number of hydrogen-bond acceptors (Lipinski definition) is 5. The van der Waals surface area contributed by atoms with E-state index < -0.39 is 18.2 Å². The van der Waals surface area contributed by atoms with E-state index >= 15 is 0 Å². The fourth-order valence-corrected chi connectivity index (χ4v) is 7.34. The number of rotatable bonds is 44. The Labute approximate surface area is 365 Å². The van der Waals surface area contributed by atoms with Gasteiger partial charge in [0, 0.05) is 6.42 Å². The average molecular weight is 826 g/mol. The third-order valence-electron chi connectivity index (χ3n) is 11.1. The number of unbranched alkanes of at least 4 members (excludes halogenated alkanes) is 24. The van der Waals surface area contributed by atoms with Crippen LogP contribution < -0.4 is 5.32 Å². The summed E-state index contributed by atoms with van der Waals surface area (Å²) in [4.78, 5) is 26.1. The van der Waals surface area contributed by atoms with Gasteiger partial charge in [-0.25, -0.2) is 0 Å². The van der Waals surface area contributed by atoms with Crippen LogP contribution in [0.5, 0.6) is 0 Å². The summed E-state index contributed by atoms with van der Waals surface area (Å²) >= 11 is 0. The number of amides is 1. The quantitative estimate of drug-likeness (QED) is 0.0246. The van der Waals surface area contributed by atoms with E-state index in [1.165, 1.54) is 109 Å². The number of hydrogen-bond donors (Lipinski definition) is 3. The summed E-state index contributed by atoms with van der Waals surface area (Å²) in [5, 5.41) is 23.7. The highest BCUT2D eigenvalue weighted by molar-refractivity contribution is 5.77. The van der Waals surface area contributed by atoms with E-state index in [9.17, 15) is 19.8 Å². The van der Waals surface area contributed by atoms with E-state index in [0.717, 1.165) is 83.5 Å². The average Bonchev–Trinajstić information content (AvgIpc) is 3.23. The van der Waals surface area contributed by atoms with Crippen LogP contribution in [0.2, 0.25) is 0 Å². The number of esters is 1. The Kier molecular flexibility index (Phi) is 44.7. The molecule has 0 aromatic rings. The molecule has 3 unspecified atom stereocenters. The monoisotopic (exact) mass is 826 g/mol. The first-order chi connectivity index (χ1) is 29.0. The second-order valence-corrected chi connectivity index (χ2v) is 16.9. The molecule has 6 heteroatoms. The van der Waals surface area contributed by atoms with Crippen molar-refractivity contribution in [1.29, 1.82) is 0 Å². The molecule has 0 aliphatic rings. The largest absolute Gasteiger partial charge is 0.462 e. The lowest BCUT2D eigenvalue weighted by Gasteiger charge is -2.24. The number of allylic oxidation sites excluding steroid dienone is 10. The van der Waals surface area contributed by atoms with Gasteiger partial charge in [-0.3, -0.25) is 9.59 Å². The minimum absolute atomic E-state index is 0.0619. The van der Waals surface area contributed by atoms with Crippen molar-refractivity contribution in [1.82, 2.24) is 5.32 Å². The number of nitrogens with one attached hydrogen (secondary N) is 1. The van der Waals surface area contributed by atoms with Crippen molar-refractivity contribution in [2.24, 2.45) is 0 Å². The van der Waals surface area contributed by atoms with Gasteiger partial charge in [-0.2, -0.15) is 0 Å². The van der Waals surface area contributed by atoms with E-state index in [1.807, 2.05) is 0 Å². The summed E-state index contributed by atoms with van der Waals surface area (Å²) in [7, 11) is 0. The van der Waals surface area contributed by atoms with Crippen LogP contribution in [0.4, 0.5) is 0 Å². The maximum absolute atomic E-state index is 13.2. The Balaban J connectivity index is 4.64. The van der Waals surface area contributed by atoms with Gasteiger partial charge in [-0.15, -0.1) is 0 Å². The maximum atomic E-state index is 13.2. The molecule has 0 rings (SSSR count). The second-order valence-electron chi connectivity index (χ2n) is 16.9. The Bertz CT molecular complexity index is 1060. The summed E-state index contributed by atoms with van der Waals surface area (Å²) in [5.41, 5.74) is 0. The van der Waals surface area contributed by atoms with Gasteiger partial charge in [0.1, 0.15) is 6.10 Å². The lowest BCUT2D eigenvalue weighted by molar-refractivity contribution is -0.151. The summed E-state index contributed by atoms with van der Waals surface area (Å²) in [5.74, 6) is -0.501. The van der Waals surface area contributed by atoms with Gasteiger partial charge < -0.3 is 20.3 Å². The van der Waals surface area contributed by atoms with Gasteiger partial charge in [-0.05, 0) is 77.0 Å². The zero-order chi connectivity index (χ0) is 43.1. The summed E-state index contributed by atoms with van der Waals surface area (Å²) in [6.07, 6.45) is 57.0. The van der Waals surface area contributed by atoms with E-state index in [0.29, 0.717) is 19.3 Å². The molecule has 0 aliphatic carbocycles. The molecule has 0 radical (unpaired) electrons.